The van der Waals surface area contributed by atoms with E-state index in [1.807, 2.05) is 19.9 Å². The largest absolute Gasteiger partial charge is 0.378 e. The van der Waals surface area contributed by atoms with E-state index in [4.69, 9.17) is 9.47 Å². The highest BCUT2D eigenvalue weighted by molar-refractivity contribution is 5.69. The van der Waals surface area contributed by atoms with Gasteiger partial charge in [0, 0.05) is 25.5 Å². The smallest absolute Gasteiger partial charge is 0.0960 e. The molecule has 1 aromatic heterocycles. The maximum Gasteiger partial charge on any atom is 0.0960 e. The van der Waals surface area contributed by atoms with E-state index in [2.05, 4.69) is 28.4 Å². The fourth-order valence-corrected chi connectivity index (χ4v) is 2.19. The number of aromatic nitrogens is 2. The van der Waals surface area contributed by atoms with Crippen LogP contribution in [0.5, 0.6) is 0 Å². The molecule has 0 amide bonds. The molecular weight excluding hydrogens is 240 g/mol. The molecule has 102 valence electrons. The molecule has 4 nitrogen and oxygen atoms in total. The van der Waals surface area contributed by atoms with E-state index in [0.717, 1.165) is 28.1 Å². The molecular formula is C15H20N2O2. The van der Waals surface area contributed by atoms with E-state index < -0.39 is 0 Å². The van der Waals surface area contributed by atoms with Crippen LogP contribution >= 0.6 is 0 Å². The van der Waals surface area contributed by atoms with Gasteiger partial charge in [0.2, 0.25) is 0 Å². The average Bonchev–Trinajstić information content (AvgIpc) is 2.79. The molecule has 0 fully saturated rings. The predicted molar refractivity (Wildman–Crippen MR) is 74.9 cm³/mol. The van der Waals surface area contributed by atoms with Gasteiger partial charge in [-0.2, -0.15) is 5.10 Å². The van der Waals surface area contributed by atoms with Crippen LogP contribution in [0, 0.1) is 6.92 Å². The van der Waals surface area contributed by atoms with Crippen molar-refractivity contribution in [1.82, 2.24) is 10.2 Å². The summed E-state index contributed by atoms with van der Waals surface area (Å²) in [5, 5.41) is 7.32. The van der Waals surface area contributed by atoms with Gasteiger partial charge in [-0.25, -0.2) is 0 Å². The van der Waals surface area contributed by atoms with Crippen molar-refractivity contribution in [3.05, 3.63) is 41.2 Å². The van der Waals surface area contributed by atoms with E-state index >= 15 is 0 Å². The molecule has 1 aromatic carbocycles. The summed E-state index contributed by atoms with van der Waals surface area (Å²) in [6.07, 6.45) is 0.0815. The Kier molecular flexibility index (Phi) is 4.35. The number of rotatable bonds is 5. The van der Waals surface area contributed by atoms with Crippen LogP contribution in [0.4, 0.5) is 0 Å². The quantitative estimate of drug-likeness (QED) is 0.897. The monoisotopic (exact) mass is 260 g/mol. The van der Waals surface area contributed by atoms with Crippen LogP contribution in [0.2, 0.25) is 0 Å². The van der Waals surface area contributed by atoms with E-state index in [-0.39, 0.29) is 6.10 Å². The fourth-order valence-electron chi connectivity index (χ4n) is 2.19. The van der Waals surface area contributed by atoms with Crippen LogP contribution in [0.3, 0.4) is 0 Å². The molecule has 1 N–H and O–H groups in total. The molecule has 1 unspecified atom stereocenters. The van der Waals surface area contributed by atoms with Crippen molar-refractivity contribution in [3.8, 4) is 11.1 Å². The Labute approximate surface area is 113 Å². The molecule has 1 heterocycles. The fraction of sp³-hybridized carbons (Fsp3) is 0.400. The number of aromatic amines is 1. The number of methoxy groups -OCH3 is 2. The number of nitrogens with zero attached hydrogens (tertiary/aromatic N) is 1. The van der Waals surface area contributed by atoms with Gasteiger partial charge >= 0.3 is 0 Å². The predicted octanol–water partition coefficient (Wildman–Crippen LogP) is 3.24. The Hall–Kier alpha value is -1.65. The molecule has 0 saturated heterocycles. The Morgan fingerprint density at radius 1 is 1.32 bits per heavy atom. The summed E-state index contributed by atoms with van der Waals surface area (Å²) in [7, 11) is 3.40. The molecule has 0 aliphatic rings. The van der Waals surface area contributed by atoms with Gasteiger partial charge in [-0.05, 0) is 31.0 Å². The standard InChI is InChI=1S/C15H20N2O2/c1-10-15(14(9-18-3)17-16-10)13-7-5-6-12(8-13)11(2)19-4/h5-8,11H,9H2,1-4H3,(H,16,17). The van der Waals surface area contributed by atoms with Crippen molar-refractivity contribution >= 4 is 0 Å². The Morgan fingerprint density at radius 3 is 2.79 bits per heavy atom. The van der Waals surface area contributed by atoms with Crippen molar-refractivity contribution in [2.45, 2.75) is 26.6 Å². The van der Waals surface area contributed by atoms with E-state index in [9.17, 15) is 0 Å². The van der Waals surface area contributed by atoms with Crippen LogP contribution in [-0.2, 0) is 16.1 Å². The summed E-state index contributed by atoms with van der Waals surface area (Å²) in [6.45, 7) is 4.56. The SMILES string of the molecule is COCc1n[nH]c(C)c1-c1cccc(C(C)OC)c1. The Morgan fingerprint density at radius 2 is 2.11 bits per heavy atom. The van der Waals surface area contributed by atoms with Gasteiger partial charge in [0.25, 0.3) is 0 Å². The lowest BCUT2D eigenvalue weighted by Gasteiger charge is -2.12. The third-order valence-corrected chi connectivity index (χ3v) is 3.30. The van der Waals surface area contributed by atoms with Gasteiger partial charge in [-0.15, -0.1) is 0 Å². The lowest BCUT2D eigenvalue weighted by molar-refractivity contribution is 0.119. The van der Waals surface area contributed by atoms with Crippen molar-refractivity contribution in [2.24, 2.45) is 0 Å². The highest BCUT2D eigenvalue weighted by Crippen LogP contribution is 2.29. The lowest BCUT2D eigenvalue weighted by Crippen LogP contribution is -1.97. The summed E-state index contributed by atoms with van der Waals surface area (Å²) < 4.78 is 10.6. The number of ether oxygens (including phenoxy) is 2. The first-order valence-corrected chi connectivity index (χ1v) is 6.33. The van der Waals surface area contributed by atoms with Gasteiger partial charge in [-0.3, -0.25) is 5.10 Å². The Balaban J connectivity index is 2.44. The molecule has 2 rings (SSSR count). The van der Waals surface area contributed by atoms with E-state index in [0.29, 0.717) is 6.61 Å². The van der Waals surface area contributed by atoms with Crippen molar-refractivity contribution in [3.63, 3.8) is 0 Å². The van der Waals surface area contributed by atoms with Crippen LogP contribution < -0.4 is 0 Å². The second-order valence-corrected chi connectivity index (χ2v) is 4.61. The zero-order valence-electron chi connectivity index (χ0n) is 11.9. The average molecular weight is 260 g/mol. The number of H-pyrrole nitrogens is 1. The number of aryl methyl sites for hydroxylation is 1. The van der Waals surface area contributed by atoms with Crippen molar-refractivity contribution < 1.29 is 9.47 Å². The zero-order valence-corrected chi connectivity index (χ0v) is 11.9. The van der Waals surface area contributed by atoms with Gasteiger partial charge in [0.1, 0.15) is 0 Å². The van der Waals surface area contributed by atoms with Gasteiger partial charge in [-0.1, -0.05) is 18.2 Å². The summed E-state index contributed by atoms with van der Waals surface area (Å²) in [4.78, 5) is 0. The summed E-state index contributed by atoms with van der Waals surface area (Å²) >= 11 is 0. The molecule has 0 spiro atoms. The molecule has 0 aliphatic heterocycles. The minimum Gasteiger partial charge on any atom is -0.378 e. The van der Waals surface area contributed by atoms with E-state index in [1.165, 1.54) is 0 Å². The second-order valence-electron chi connectivity index (χ2n) is 4.61. The molecule has 19 heavy (non-hydrogen) atoms. The molecule has 0 aliphatic carbocycles. The first kappa shape index (κ1) is 13.8. The maximum atomic E-state index is 5.37. The normalized spacial score (nSPS) is 12.6. The number of hydrogen-bond donors (Lipinski definition) is 1. The highest BCUT2D eigenvalue weighted by Gasteiger charge is 2.13. The van der Waals surface area contributed by atoms with Crippen molar-refractivity contribution in [2.75, 3.05) is 14.2 Å². The maximum absolute atomic E-state index is 5.37. The summed E-state index contributed by atoms with van der Waals surface area (Å²) in [5.41, 5.74) is 5.40. The van der Waals surface area contributed by atoms with Gasteiger partial charge < -0.3 is 9.47 Å². The third-order valence-electron chi connectivity index (χ3n) is 3.30. The summed E-state index contributed by atoms with van der Waals surface area (Å²) in [5.74, 6) is 0. The van der Waals surface area contributed by atoms with Crippen LogP contribution in [0.15, 0.2) is 24.3 Å². The van der Waals surface area contributed by atoms with Gasteiger partial charge in [0.15, 0.2) is 0 Å². The molecule has 4 heteroatoms. The van der Waals surface area contributed by atoms with Gasteiger partial charge in [0.05, 0.1) is 18.4 Å². The zero-order chi connectivity index (χ0) is 13.8. The first-order chi connectivity index (χ1) is 9.17. The Bertz CT molecular complexity index is 549. The highest BCUT2D eigenvalue weighted by atomic mass is 16.5. The topological polar surface area (TPSA) is 47.1 Å². The molecule has 0 radical (unpaired) electrons. The third kappa shape index (κ3) is 2.85. The number of hydrogen-bond acceptors (Lipinski definition) is 3. The molecule has 1 atom stereocenters. The first-order valence-electron chi connectivity index (χ1n) is 6.33. The lowest BCUT2D eigenvalue weighted by atomic mass is 9.99. The molecule has 0 saturated carbocycles. The summed E-state index contributed by atoms with van der Waals surface area (Å²) in [6, 6.07) is 8.35. The minimum atomic E-state index is 0.0815. The van der Waals surface area contributed by atoms with E-state index in [1.54, 1.807) is 14.2 Å². The van der Waals surface area contributed by atoms with Crippen LogP contribution in [0.1, 0.15) is 30.0 Å². The van der Waals surface area contributed by atoms with Crippen LogP contribution in [0.25, 0.3) is 11.1 Å². The number of nitrogens with one attached hydrogen (secondary N) is 1. The second kappa shape index (κ2) is 5.99. The minimum absolute atomic E-state index is 0.0815. The molecule has 2 aromatic rings. The van der Waals surface area contributed by atoms with Crippen molar-refractivity contribution in [1.29, 1.82) is 0 Å². The number of benzene rings is 1. The molecule has 0 bridgehead atoms. The van der Waals surface area contributed by atoms with Crippen LogP contribution in [-0.4, -0.2) is 24.4 Å².